The van der Waals surface area contributed by atoms with E-state index in [1.165, 1.54) is 44.6 Å². The Bertz CT molecular complexity index is 334. The van der Waals surface area contributed by atoms with E-state index >= 15 is 0 Å². The van der Waals surface area contributed by atoms with Crippen LogP contribution in [0.4, 0.5) is 8.78 Å². The van der Waals surface area contributed by atoms with Gasteiger partial charge in [-0.05, 0) is 24.5 Å². The highest BCUT2D eigenvalue weighted by molar-refractivity contribution is 5.18. The van der Waals surface area contributed by atoms with E-state index in [1.54, 1.807) is 6.07 Å². The summed E-state index contributed by atoms with van der Waals surface area (Å²) in [7, 11) is 0. The highest BCUT2D eigenvalue weighted by Gasteiger charge is 2.03. The molecule has 102 valence electrons. The van der Waals surface area contributed by atoms with Gasteiger partial charge in [-0.3, -0.25) is 0 Å². The lowest BCUT2D eigenvalue weighted by molar-refractivity contribution is 0.554. The minimum absolute atomic E-state index is 0.405. The van der Waals surface area contributed by atoms with Gasteiger partial charge in [0.25, 0.3) is 0 Å². The van der Waals surface area contributed by atoms with Gasteiger partial charge in [0.2, 0.25) is 0 Å². The molecular weight excluding hydrogens is 230 g/mol. The first kappa shape index (κ1) is 15.1. The van der Waals surface area contributed by atoms with Gasteiger partial charge in [-0.1, -0.05) is 57.9 Å². The Hall–Kier alpha value is -0.920. The van der Waals surface area contributed by atoms with Gasteiger partial charge in [0.05, 0.1) is 0 Å². The van der Waals surface area contributed by atoms with Crippen LogP contribution >= 0.6 is 0 Å². The molecule has 0 aliphatic rings. The summed E-state index contributed by atoms with van der Waals surface area (Å²) in [5, 5.41) is 0. The molecule has 0 aliphatic heterocycles. The van der Waals surface area contributed by atoms with E-state index in [1.807, 2.05) is 0 Å². The number of hydrogen-bond acceptors (Lipinski definition) is 0. The van der Waals surface area contributed by atoms with Crippen LogP contribution in [0.2, 0.25) is 0 Å². The van der Waals surface area contributed by atoms with E-state index in [0.29, 0.717) is 5.56 Å². The monoisotopic (exact) mass is 254 g/mol. The van der Waals surface area contributed by atoms with E-state index in [4.69, 9.17) is 0 Å². The van der Waals surface area contributed by atoms with E-state index in [-0.39, 0.29) is 0 Å². The van der Waals surface area contributed by atoms with E-state index in [2.05, 4.69) is 6.92 Å². The van der Waals surface area contributed by atoms with E-state index in [9.17, 15) is 8.78 Å². The molecule has 1 aromatic carbocycles. The van der Waals surface area contributed by atoms with Crippen molar-refractivity contribution >= 4 is 0 Å². The first-order valence-electron chi connectivity index (χ1n) is 7.18. The van der Waals surface area contributed by atoms with E-state index < -0.39 is 11.6 Å². The maximum atomic E-state index is 13.3. The van der Waals surface area contributed by atoms with Crippen LogP contribution in [-0.2, 0) is 6.42 Å². The topological polar surface area (TPSA) is 0 Å². The largest absolute Gasteiger partial charge is 0.207 e. The highest BCUT2D eigenvalue weighted by Crippen LogP contribution is 2.14. The molecular formula is C16H24F2. The number of unbranched alkanes of at least 4 members (excludes halogenated alkanes) is 7. The molecule has 0 radical (unpaired) electrons. The molecule has 0 bridgehead atoms. The van der Waals surface area contributed by atoms with Gasteiger partial charge < -0.3 is 0 Å². The van der Waals surface area contributed by atoms with Crippen LogP contribution in [-0.4, -0.2) is 0 Å². The van der Waals surface area contributed by atoms with Crippen LogP contribution in [0.1, 0.15) is 63.9 Å². The van der Waals surface area contributed by atoms with Crippen LogP contribution in [0.5, 0.6) is 0 Å². The van der Waals surface area contributed by atoms with Crippen LogP contribution in [0, 0.1) is 11.6 Å². The molecule has 0 heterocycles. The number of aryl methyl sites for hydroxylation is 1. The molecule has 0 aromatic heterocycles. The lowest BCUT2D eigenvalue weighted by atomic mass is 10.0. The Morgan fingerprint density at radius 3 is 2.06 bits per heavy atom. The molecule has 0 unspecified atom stereocenters. The van der Waals surface area contributed by atoms with Crippen molar-refractivity contribution in [3.63, 3.8) is 0 Å². The van der Waals surface area contributed by atoms with Gasteiger partial charge in [0, 0.05) is 6.07 Å². The van der Waals surface area contributed by atoms with Crippen molar-refractivity contribution < 1.29 is 8.78 Å². The van der Waals surface area contributed by atoms with Crippen LogP contribution in [0.3, 0.4) is 0 Å². The Morgan fingerprint density at radius 2 is 1.44 bits per heavy atom. The van der Waals surface area contributed by atoms with Crippen molar-refractivity contribution in [3.8, 4) is 0 Å². The van der Waals surface area contributed by atoms with Crippen molar-refractivity contribution in [3.05, 3.63) is 35.4 Å². The second-order valence-corrected chi connectivity index (χ2v) is 4.96. The van der Waals surface area contributed by atoms with Crippen molar-refractivity contribution in [2.24, 2.45) is 0 Å². The normalized spacial score (nSPS) is 10.8. The first-order chi connectivity index (χ1) is 8.74. The average Bonchev–Trinajstić information content (AvgIpc) is 2.35. The summed E-state index contributed by atoms with van der Waals surface area (Å²) in [5.74, 6) is -0.898. The fourth-order valence-corrected chi connectivity index (χ4v) is 2.17. The molecule has 0 amide bonds. The Labute approximate surface area is 109 Å². The van der Waals surface area contributed by atoms with E-state index in [0.717, 1.165) is 25.3 Å². The molecule has 2 heteroatoms. The average molecular weight is 254 g/mol. The third kappa shape index (κ3) is 6.13. The molecule has 0 fully saturated rings. The number of halogens is 2. The summed E-state index contributed by atoms with van der Waals surface area (Å²) >= 11 is 0. The maximum Gasteiger partial charge on any atom is 0.129 e. The third-order valence-corrected chi connectivity index (χ3v) is 3.31. The summed E-state index contributed by atoms with van der Waals surface area (Å²) in [5.41, 5.74) is 0.641. The zero-order chi connectivity index (χ0) is 13.2. The predicted octanol–water partition coefficient (Wildman–Crippen LogP) is 5.65. The molecule has 0 atom stereocenters. The maximum absolute atomic E-state index is 13.3. The molecule has 0 aliphatic carbocycles. The van der Waals surface area contributed by atoms with Crippen LogP contribution in [0.25, 0.3) is 0 Å². The minimum atomic E-state index is -0.493. The summed E-state index contributed by atoms with van der Waals surface area (Å²) < 4.78 is 26.0. The first-order valence-corrected chi connectivity index (χ1v) is 7.18. The third-order valence-electron chi connectivity index (χ3n) is 3.31. The molecule has 0 nitrogen and oxygen atoms in total. The van der Waals surface area contributed by atoms with Crippen LogP contribution < -0.4 is 0 Å². The van der Waals surface area contributed by atoms with Gasteiger partial charge in [-0.25, -0.2) is 8.78 Å². The second-order valence-electron chi connectivity index (χ2n) is 4.96. The van der Waals surface area contributed by atoms with Crippen molar-refractivity contribution in [2.45, 2.75) is 64.7 Å². The Balaban J connectivity index is 2.07. The Morgan fingerprint density at radius 1 is 0.833 bits per heavy atom. The molecule has 18 heavy (non-hydrogen) atoms. The van der Waals surface area contributed by atoms with Gasteiger partial charge in [-0.2, -0.15) is 0 Å². The summed E-state index contributed by atoms with van der Waals surface area (Å²) in [4.78, 5) is 0. The summed E-state index contributed by atoms with van der Waals surface area (Å²) in [6.07, 6.45) is 10.6. The van der Waals surface area contributed by atoms with Crippen molar-refractivity contribution in [2.75, 3.05) is 0 Å². The lowest BCUT2D eigenvalue weighted by Gasteiger charge is -2.04. The standard InChI is InChI=1S/C16H24F2/c1-2-3-4-5-6-7-8-9-10-14-11-12-15(17)13-16(14)18/h11-13H,2-10H2,1H3. The molecule has 1 aromatic rings. The number of rotatable bonds is 9. The highest BCUT2D eigenvalue weighted by atomic mass is 19.1. The van der Waals surface area contributed by atoms with Gasteiger partial charge in [-0.15, -0.1) is 0 Å². The SMILES string of the molecule is CCCCCCCCCCc1ccc(F)cc1F. The fraction of sp³-hybridized carbons (Fsp3) is 0.625. The summed E-state index contributed by atoms with van der Waals surface area (Å²) in [6.45, 7) is 2.22. The second kappa shape index (κ2) is 9.07. The molecule has 0 spiro atoms. The molecule has 0 N–H and O–H groups in total. The number of hydrogen-bond donors (Lipinski definition) is 0. The molecule has 0 saturated carbocycles. The molecule has 0 saturated heterocycles. The van der Waals surface area contributed by atoms with Gasteiger partial charge >= 0.3 is 0 Å². The van der Waals surface area contributed by atoms with Crippen LogP contribution in [0.15, 0.2) is 18.2 Å². The lowest BCUT2D eigenvalue weighted by Crippen LogP contribution is -1.92. The van der Waals surface area contributed by atoms with Crippen molar-refractivity contribution in [1.82, 2.24) is 0 Å². The molecule has 1 rings (SSSR count). The van der Waals surface area contributed by atoms with Crippen molar-refractivity contribution in [1.29, 1.82) is 0 Å². The Kier molecular flexibility index (Phi) is 7.63. The quantitative estimate of drug-likeness (QED) is 0.500. The predicted molar refractivity (Wildman–Crippen MR) is 72.7 cm³/mol. The fourth-order valence-electron chi connectivity index (χ4n) is 2.17. The zero-order valence-electron chi connectivity index (χ0n) is 11.4. The smallest absolute Gasteiger partial charge is 0.129 e. The minimum Gasteiger partial charge on any atom is -0.207 e. The zero-order valence-corrected chi connectivity index (χ0v) is 11.4. The number of benzene rings is 1. The summed E-state index contributed by atoms with van der Waals surface area (Å²) in [6, 6.07) is 3.87. The van der Waals surface area contributed by atoms with Gasteiger partial charge in [0.15, 0.2) is 0 Å². The van der Waals surface area contributed by atoms with Gasteiger partial charge in [0.1, 0.15) is 11.6 Å².